The molecule has 18 heavy (non-hydrogen) atoms. The van der Waals surface area contributed by atoms with Gasteiger partial charge in [0.2, 0.25) is 0 Å². The van der Waals surface area contributed by atoms with Crippen molar-refractivity contribution in [1.82, 2.24) is 10.3 Å². The number of hydrogen-bond donors (Lipinski definition) is 2. The van der Waals surface area contributed by atoms with Crippen molar-refractivity contribution < 1.29 is 0 Å². The van der Waals surface area contributed by atoms with Crippen molar-refractivity contribution >= 4 is 16.6 Å². The van der Waals surface area contributed by atoms with E-state index in [9.17, 15) is 0 Å². The monoisotopic (exact) mass is 241 g/mol. The fraction of sp³-hybridized carbons (Fsp3) is 0.400. The molecular formula is C15H19N3. The summed E-state index contributed by atoms with van der Waals surface area (Å²) in [6, 6.07) is 11.1. The summed E-state index contributed by atoms with van der Waals surface area (Å²) in [5.74, 6) is 0. The average molecular weight is 241 g/mol. The van der Waals surface area contributed by atoms with Gasteiger partial charge in [-0.2, -0.15) is 0 Å². The van der Waals surface area contributed by atoms with Crippen LogP contribution in [-0.4, -0.2) is 24.1 Å². The third-order valence-corrected chi connectivity index (χ3v) is 3.33. The Morgan fingerprint density at radius 2 is 2.00 bits per heavy atom. The van der Waals surface area contributed by atoms with E-state index in [1.807, 2.05) is 12.3 Å². The van der Waals surface area contributed by atoms with Crippen LogP contribution < -0.4 is 10.6 Å². The van der Waals surface area contributed by atoms with Crippen LogP contribution in [0.15, 0.2) is 36.5 Å². The van der Waals surface area contributed by atoms with Gasteiger partial charge in [0.25, 0.3) is 0 Å². The highest BCUT2D eigenvalue weighted by molar-refractivity contribution is 5.90. The van der Waals surface area contributed by atoms with Crippen molar-refractivity contribution in [2.45, 2.75) is 25.3 Å². The SMILES string of the molecule is c1ccc2c(NCCCNC3CC3)ccnc2c1. The molecule has 3 heteroatoms. The van der Waals surface area contributed by atoms with E-state index in [0.29, 0.717) is 0 Å². The summed E-state index contributed by atoms with van der Waals surface area (Å²) >= 11 is 0. The van der Waals surface area contributed by atoms with Crippen LogP contribution in [0.25, 0.3) is 10.9 Å². The van der Waals surface area contributed by atoms with Gasteiger partial charge in [0.15, 0.2) is 0 Å². The van der Waals surface area contributed by atoms with Crippen molar-refractivity contribution in [2.24, 2.45) is 0 Å². The Bertz CT molecular complexity index is 515. The normalized spacial score (nSPS) is 14.9. The second kappa shape index (κ2) is 5.36. The van der Waals surface area contributed by atoms with Gasteiger partial charge in [-0.25, -0.2) is 0 Å². The first-order valence-electron chi connectivity index (χ1n) is 6.74. The van der Waals surface area contributed by atoms with Crippen molar-refractivity contribution in [3.8, 4) is 0 Å². The van der Waals surface area contributed by atoms with Crippen LogP contribution in [0, 0.1) is 0 Å². The summed E-state index contributed by atoms with van der Waals surface area (Å²) in [5.41, 5.74) is 2.24. The molecule has 0 radical (unpaired) electrons. The minimum absolute atomic E-state index is 0.812. The molecule has 1 aliphatic rings. The van der Waals surface area contributed by atoms with Gasteiger partial charge in [-0.05, 0) is 37.9 Å². The molecule has 1 heterocycles. The predicted molar refractivity (Wildman–Crippen MR) is 75.9 cm³/mol. The minimum atomic E-state index is 0.812. The lowest BCUT2D eigenvalue weighted by Gasteiger charge is -2.09. The minimum Gasteiger partial charge on any atom is -0.384 e. The van der Waals surface area contributed by atoms with Gasteiger partial charge in [0.1, 0.15) is 0 Å². The van der Waals surface area contributed by atoms with Crippen molar-refractivity contribution in [3.63, 3.8) is 0 Å². The number of nitrogens with one attached hydrogen (secondary N) is 2. The first kappa shape index (κ1) is 11.5. The largest absolute Gasteiger partial charge is 0.384 e. The lowest BCUT2D eigenvalue weighted by molar-refractivity contribution is 0.659. The molecule has 0 spiro atoms. The molecule has 0 atom stereocenters. The molecule has 3 rings (SSSR count). The molecule has 2 aromatic rings. The first-order valence-corrected chi connectivity index (χ1v) is 6.74. The molecule has 1 fully saturated rings. The van der Waals surface area contributed by atoms with Crippen LogP contribution in [0.5, 0.6) is 0 Å². The summed E-state index contributed by atoms with van der Waals surface area (Å²) in [7, 11) is 0. The van der Waals surface area contributed by atoms with Crippen LogP contribution in [0.2, 0.25) is 0 Å². The Balaban J connectivity index is 1.56. The maximum atomic E-state index is 4.37. The predicted octanol–water partition coefficient (Wildman–Crippen LogP) is 2.79. The molecule has 1 saturated carbocycles. The van der Waals surface area contributed by atoms with E-state index in [2.05, 4.69) is 39.9 Å². The number of benzene rings is 1. The van der Waals surface area contributed by atoms with Crippen LogP contribution in [0.4, 0.5) is 5.69 Å². The van der Waals surface area contributed by atoms with E-state index < -0.39 is 0 Å². The van der Waals surface area contributed by atoms with Crippen molar-refractivity contribution in [3.05, 3.63) is 36.5 Å². The number of hydrogen-bond acceptors (Lipinski definition) is 3. The second-order valence-corrected chi connectivity index (χ2v) is 4.88. The quantitative estimate of drug-likeness (QED) is 0.764. The van der Waals surface area contributed by atoms with Crippen LogP contribution >= 0.6 is 0 Å². The first-order chi connectivity index (χ1) is 8.93. The van der Waals surface area contributed by atoms with E-state index in [0.717, 1.165) is 31.1 Å². The van der Waals surface area contributed by atoms with Gasteiger partial charge < -0.3 is 10.6 Å². The molecule has 94 valence electrons. The summed E-state index contributed by atoms with van der Waals surface area (Å²) in [4.78, 5) is 4.37. The van der Waals surface area contributed by atoms with Crippen molar-refractivity contribution in [2.75, 3.05) is 18.4 Å². The van der Waals surface area contributed by atoms with E-state index in [4.69, 9.17) is 0 Å². The van der Waals surface area contributed by atoms with Crippen LogP contribution in [-0.2, 0) is 0 Å². The Labute approximate surface area is 108 Å². The summed E-state index contributed by atoms with van der Waals surface area (Å²) in [6.45, 7) is 2.12. The summed E-state index contributed by atoms with van der Waals surface area (Å²) < 4.78 is 0. The Kier molecular flexibility index (Phi) is 3.42. The van der Waals surface area contributed by atoms with Gasteiger partial charge in [-0.3, -0.25) is 4.98 Å². The molecule has 2 N–H and O–H groups in total. The number of fused-ring (bicyclic) bond motifs is 1. The van der Waals surface area contributed by atoms with Gasteiger partial charge in [-0.15, -0.1) is 0 Å². The second-order valence-electron chi connectivity index (χ2n) is 4.88. The highest BCUT2D eigenvalue weighted by atomic mass is 15.0. The Morgan fingerprint density at radius 1 is 1.11 bits per heavy atom. The zero-order valence-electron chi connectivity index (χ0n) is 10.5. The molecule has 1 aromatic carbocycles. The smallest absolute Gasteiger partial charge is 0.0722 e. The number of anilines is 1. The number of pyridine rings is 1. The lowest BCUT2D eigenvalue weighted by Crippen LogP contribution is -2.19. The Morgan fingerprint density at radius 3 is 2.89 bits per heavy atom. The number of aromatic nitrogens is 1. The molecule has 1 aromatic heterocycles. The number of para-hydroxylation sites is 1. The van der Waals surface area contributed by atoms with Gasteiger partial charge in [0.05, 0.1) is 5.52 Å². The highest BCUT2D eigenvalue weighted by Gasteiger charge is 2.19. The standard InChI is InChI=1S/C15H19N3/c1-2-5-14-13(4-1)15(8-11-18-14)17-10-3-9-16-12-6-7-12/h1-2,4-5,8,11-12,16H,3,6-7,9-10H2,(H,17,18). The molecule has 0 unspecified atom stereocenters. The maximum absolute atomic E-state index is 4.37. The molecule has 3 nitrogen and oxygen atoms in total. The van der Waals surface area contributed by atoms with Crippen LogP contribution in [0.1, 0.15) is 19.3 Å². The lowest BCUT2D eigenvalue weighted by atomic mass is 10.2. The van der Waals surface area contributed by atoms with E-state index in [-0.39, 0.29) is 0 Å². The highest BCUT2D eigenvalue weighted by Crippen LogP contribution is 2.21. The molecule has 0 bridgehead atoms. The summed E-state index contributed by atoms with van der Waals surface area (Å²) in [6.07, 6.45) is 5.76. The number of nitrogens with zero attached hydrogens (tertiary/aromatic N) is 1. The third kappa shape index (κ3) is 2.79. The molecule has 0 saturated heterocycles. The number of rotatable bonds is 6. The molecule has 0 aliphatic heterocycles. The van der Waals surface area contributed by atoms with Gasteiger partial charge in [0, 0.05) is 29.9 Å². The maximum Gasteiger partial charge on any atom is 0.0722 e. The third-order valence-electron chi connectivity index (χ3n) is 3.33. The van der Waals surface area contributed by atoms with E-state index in [1.54, 1.807) is 0 Å². The molecule has 1 aliphatic carbocycles. The van der Waals surface area contributed by atoms with Gasteiger partial charge >= 0.3 is 0 Å². The van der Waals surface area contributed by atoms with Crippen molar-refractivity contribution in [1.29, 1.82) is 0 Å². The topological polar surface area (TPSA) is 37.0 Å². The molecule has 0 amide bonds. The van der Waals surface area contributed by atoms with E-state index in [1.165, 1.54) is 23.9 Å². The summed E-state index contributed by atoms with van der Waals surface area (Å²) in [5, 5.41) is 8.23. The van der Waals surface area contributed by atoms with E-state index >= 15 is 0 Å². The van der Waals surface area contributed by atoms with Gasteiger partial charge in [-0.1, -0.05) is 18.2 Å². The Hall–Kier alpha value is -1.61. The molecular weight excluding hydrogens is 222 g/mol. The zero-order chi connectivity index (χ0) is 12.2. The zero-order valence-corrected chi connectivity index (χ0v) is 10.5. The van der Waals surface area contributed by atoms with Crippen LogP contribution in [0.3, 0.4) is 0 Å². The fourth-order valence-electron chi connectivity index (χ4n) is 2.16. The fourth-order valence-corrected chi connectivity index (χ4v) is 2.16. The average Bonchev–Trinajstić information content (AvgIpc) is 3.23.